The molecule has 1 aromatic heterocycles. The van der Waals surface area contributed by atoms with Crippen molar-refractivity contribution in [2.75, 3.05) is 24.5 Å². The topological polar surface area (TPSA) is 32.3 Å². The van der Waals surface area contributed by atoms with Gasteiger partial charge in [-0.25, -0.2) is 9.97 Å². The summed E-state index contributed by atoms with van der Waals surface area (Å²) in [6, 6.07) is 3.05. The predicted molar refractivity (Wildman–Crippen MR) is 68.4 cm³/mol. The molecule has 0 spiro atoms. The van der Waals surface area contributed by atoms with Gasteiger partial charge in [0.25, 0.3) is 0 Å². The van der Waals surface area contributed by atoms with E-state index in [-0.39, 0.29) is 0 Å². The van der Waals surface area contributed by atoms with Crippen LogP contribution in [-0.4, -0.2) is 46.6 Å². The summed E-state index contributed by atoms with van der Waals surface area (Å²) in [7, 11) is 0. The molecule has 0 aliphatic carbocycles. The van der Waals surface area contributed by atoms with Gasteiger partial charge >= 0.3 is 0 Å². The van der Waals surface area contributed by atoms with Crippen LogP contribution in [0.15, 0.2) is 12.4 Å². The SMILES string of the molecule is CC1CN2CCCC2CN1c1cc(Cl)ncn1. The molecule has 2 atom stereocenters. The molecule has 0 bridgehead atoms. The molecule has 0 N–H and O–H groups in total. The van der Waals surface area contributed by atoms with Gasteiger partial charge in [-0.05, 0) is 26.3 Å². The highest BCUT2D eigenvalue weighted by molar-refractivity contribution is 6.29. The van der Waals surface area contributed by atoms with Crippen LogP contribution in [0.3, 0.4) is 0 Å². The average Bonchev–Trinajstić information content (AvgIpc) is 2.75. The minimum Gasteiger partial charge on any atom is -0.351 e. The van der Waals surface area contributed by atoms with E-state index in [4.69, 9.17) is 11.6 Å². The fourth-order valence-corrected chi connectivity index (χ4v) is 3.13. The lowest BCUT2D eigenvalue weighted by Crippen LogP contribution is -2.55. The molecule has 0 aromatic carbocycles. The number of anilines is 1. The smallest absolute Gasteiger partial charge is 0.134 e. The second-order valence-corrected chi connectivity index (χ2v) is 5.38. The van der Waals surface area contributed by atoms with E-state index in [0.29, 0.717) is 17.2 Å². The average molecular weight is 253 g/mol. The van der Waals surface area contributed by atoms with Crippen LogP contribution in [0.5, 0.6) is 0 Å². The summed E-state index contributed by atoms with van der Waals surface area (Å²) >= 11 is 5.93. The summed E-state index contributed by atoms with van der Waals surface area (Å²) in [4.78, 5) is 13.2. The molecule has 5 heteroatoms. The Morgan fingerprint density at radius 3 is 3.06 bits per heavy atom. The minimum absolute atomic E-state index is 0.496. The van der Waals surface area contributed by atoms with Crippen LogP contribution in [0.1, 0.15) is 19.8 Å². The number of nitrogens with zero attached hydrogens (tertiary/aromatic N) is 4. The highest BCUT2D eigenvalue weighted by atomic mass is 35.5. The largest absolute Gasteiger partial charge is 0.351 e. The van der Waals surface area contributed by atoms with Crippen LogP contribution >= 0.6 is 11.6 Å². The third-order valence-corrected chi connectivity index (χ3v) is 4.06. The highest BCUT2D eigenvalue weighted by Gasteiger charge is 2.34. The van der Waals surface area contributed by atoms with Gasteiger partial charge in [0.1, 0.15) is 17.3 Å². The van der Waals surface area contributed by atoms with Crippen LogP contribution in [0.2, 0.25) is 5.15 Å². The van der Waals surface area contributed by atoms with Crippen molar-refractivity contribution >= 4 is 17.4 Å². The molecule has 0 amide bonds. The zero-order chi connectivity index (χ0) is 11.8. The molecule has 3 rings (SSSR count). The molecule has 92 valence electrons. The van der Waals surface area contributed by atoms with Crippen molar-refractivity contribution in [2.24, 2.45) is 0 Å². The maximum absolute atomic E-state index is 5.93. The van der Waals surface area contributed by atoms with Crippen molar-refractivity contribution < 1.29 is 0 Å². The molecule has 3 heterocycles. The third-order valence-electron chi connectivity index (χ3n) is 3.85. The summed E-state index contributed by atoms with van der Waals surface area (Å²) in [6.07, 6.45) is 4.18. The second kappa shape index (κ2) is 4.42. The standard InChI is InChI=1S/C12H17ClN4/c1-9-6-16-4-2-3-10(16)7-17(9)12-5-11(13)14-8-15-12/h5,8-10H,2-4,6-7H2,1H3. The summed E-state index contributed by atoms with van der Waals surface area (Å²) in [5.74, 6) is 0.962. The van der Waals surface area contributed by atoms with Gasteiger partial charge in [0.15, 0.2) is 0 Å². The van der Waals surface area contributed by atoms with Crippen LogP contribution in [0.4, 0.5) is 5.82 Å². The van der Waals surface area contributed by atoms with Gasteiger partial charge in [0.05, 0.1) is 0 Å². The maximum atomic E-state index is 5.93. The monoisotopic (exact) mass is 252 g/mol. The molecule has 4 nitrogen and oxygen atoms in total. The number of rotatable bonds is 1. The van der Waals surface area contributed by atoms with Crippen LogP contribution in [0, 0.1) is 0 Å². The Bertz CT molecular complexity index is 411. The van der Waals surface area contributed by atoms with Crippen molar-refractivity contribution in [3.63, 3.8) is 0 Å². The molecule has 0 saturated carbocycles. The van der Waals surface area contributed by atoms with Gasteiger partial charge in [-0.1, -0.05) is 11.6 Å². The van der Waals surface area contributed by atoms with E-state index in [1.54, 1.807) is 6.33 Å². The quantitative estimate of drug-likeness (QED) is 0.714. The fraction of sp³-hybridized carbons (Fsp3) is 0.667. The Morgan fingerprint density at radius 2 is 2.24 bits per heavy atom. The molecule has 2 saturated heterocycles. The zero-order valence-electron chi connectivity index (χ0n) is 10.0. The fourth-order valence-electron chi connectivity index (χ4n) is 2.99. The van der Waals surface area contributed by atoms with E-state index in [1.807, 2.05) is 6.07 Å². The molecule has 0 radical (unpaired) electrons. The predicted octanol–water partition coefficient (Wildman–Crippen LogP) is 1.80. The molecular weight excluding hydrogens is 236 g/mol. The Kier molecular flexibility index (Phi) is 2.92. The number of hydrogen-bond acceptors (Lipinski definition) is 4. The van der Waals surface area contributed by atoms with E-state index in [2.05, 4.69) is 26.7 Å². The number of hydrogen-bond donors (Lipinski definition) is 0. The van der Waals surface area contributed by atoms with Gasteiger partial charge < -0.3 is 4.90 Å². The van der Waals surface area contributed by atoms with E-state index >= 15 is 0 Å². The van der Waals surface area contributed by atoms with Crippen molar-refractivity contribution in [2.45, 2.75) is 31.8 Å². The van der Waals surface area contributed by atoms with Crippen molar-refractivity contribution in [1.82, 2.24) is 14.9 Å². The van der Waals surface area contributed by atoms with Crippen LogP contribution < -0.4 is 4.90 Å². The third kappa shape index (κ3) is 2.11. The van der Waals surface area contributed by atoms with E-state index in [0.717, 1.165) is 18.9 Å². The number of halogens is 1. The molecule has 2 fully saturated rings. The Hall–Kier alpha value is -0.870. The summed E-state index contributed by atoms with van der Waals surface area (Å²) < 4.78 is 0. The second-order valence-electron chi connectivity index (χ2n) is 4.99. The van der Waals surface area contributed by atoms with Crippen LogP contribution in [-0.2, 0) is 0 Å². The zero-order valence-corrected chi connectivity index (χ0v) is 10.8. The first-order valence-corrected chi connectivity index (χ1v) is 6.60. The number of piperazine rings is 1. The number of fused-ring (bicyclic) bond motifs is 1. The summed E-state index contributed by atoms with van der Waals surface area (Å²) in [6.45, 7) is 5.71. The van der Waals surface area contributed by atoms with E-state index in [1.165, 1.54) is 19.4 Å². The summed E-state index contributed by atoms with van der Waals surface area (Å²) in [5, 5.41) is 0.524. The Morgan fingerprint density at radius 1 is 1.35 bits per heavy atom. The first-order valence-electron chi connectivity index (χ1n) is 6.22. The van der Waals surface area contributed by atoms with Crippen molar-refractivity contribution in [3.8, 4) is 0 Å². The van der Waals surface area contributed by atoms with Gasteiger partial charge in [-0.15, -0.1) is 0 Å². The molecular formula is C12H17ClN4. The normalized spacial score (nSPS) is 29.4. The highest BCUT2D eigenvalue weighted by Crippen LogP contribution is 2.27. The molecule has 1 aromatic rings. The van der Waals surface area contributed by atoms with Gasteiger partial charge in [-0.3, -0.25) is 4.90 Å². The van der Waals surface area contributed by atoms with E-state index in [9.17, 15) is 0 Å². The molecule has 2 aliphatic heterocycles. The van der Waals surface area contributed by atoms with Crippen molar-refractivity contribution in [1.29, 1.82) is 0 Å². The molecule has 2 unspecified atom stereocenters. The van der Waals surface area contributed by atoms with Gasteiger partial charge in [0, 0.05) is 31.2 Å². The number of aromatic nitrogens is 2. The lowest BCUT2D eigenvalue weighted by molar-refractivity contribution is 0.202. The van der Waals surface area contributed by atoms with E-state index < -0.39 is 0 Å². The van der Waals surface area contributed by atoms with Crippen molar-refractivity contribution in [3.05, 3.63) is 17.5 Å². The lowest BCUT2D eigenvalue weighted by Gasteiger charge is -2.42. The Balaban J connectivity index is 1.83. The maximum Gasteiger partial charge on any atom is 0.134 e. The first-order chi connectivity index (χ1) is 8.24. The van der Waals surface area contributed by atoms with Gasteiger partial charge in [0.2, 0.25) is 0 Å². The lowest BCUT2D eigenvalue weighted by atomic mass is 10.1. The van der Waals surface area contributed by atoms with Gasteiger partial charge in [-0.2, -0.15) is 0 Å². The van der Waals surface area contributed by atoms with Crippen LogP contribution in [0.25, 0.3) is 0 Å². The molecule has 2 aliphatic rings. The summed E-state index contributed by atoms with van der Waals surface area (Å²) in [5.41, 5.74) is 0. The first kappa shape index (κ1) is 11.2. The molecule has 17 heavy (non-hydrogen) atoms. The Labute approximate surface area is 107 Å². The minimum atomic E-state index is 0.496.